The van der Waals surface area contributed by atoms with Crippen LogP contribution in [0.3, 0.4) is 0 Å². The summed E-state index contributed by atoms with van der Waals surface area (Å²) in [4.78, 5) is 40.5. The van der Waals surface area contributed by atoms with Crippen molar-refractivity contribution in [3.05, 3.63) is 29.8 Å². The number of aromatic hydroxyl groups is 1. The lowest BCUT2D eigenvalue weighted by Gasteiger charge is -2.24. The van der Waals surface area contributed by atoms with Crippen molar-refractivity contribution >= 4 is 23.7 Å². The van der Waals surface area contributed by atoms with Gasteiger partial charge in [0.05, 0.1) is 6.04 Å². The van der Waals surface area contributed by atoms with E-state index in [0.717, 1.165) is 5.56 Å². The maximum atomic E-state index is 12.7. The molecule has 0 heterocycles. The number of aliphatic imine (C=N–C) groups is 1. The van der Waals surface area contributed by atoms with Gasteiger partial charge in [-0.25, -0.2) is 4.79 Å². The summed E-state index contributed by atoms with van der Waals surface area (Å²) in [6, 6.07) is 3.20. The molecule has 0 fully saturated rings. The molecule has 172 valence electrons. The molecule has 0 spiro atoms. The van der Waals surface area contributed by atoms with Gasteiger partial charge >= 0.3 is 5.97 Å². The second-order valence-corrected chi connectivity index (χ2v) is 7.56. The van der Waals surface area contributed by atoms with Crippen molar-refractivity contribution < 1.29 is 24.6 Å². The van der Waals surface area contributed by atoms with E-state index in [1.165, 1.54) is 12.1 Å². The van der Waals surface area contributed by atoms with E-state index < -0.39 is 35.9 Å². The highest BCUT2D eigenvalue weighted by molar-refractivity contribution is 5.91. The first-order valence-corrected chi connectivity index (χ1v) is 9.93. The van der Waals surface area contributed by atoms with Crippen LogP contribution in [0.1, 0.15) is 32.3 Å². The van der Waals surface area contributed by atoms with Crippen LogP contribution in [0.2, 0.25) is 0 Å². The minimum absolute atomic E-state index is 0.0910. The molecule has 0 bridgehead atoms. The molecule has 0 aliphatic heterocycles. The zero-order valence-corrected chi connectivity index (χ0v) is 17.7. The minimum Gasteiger partial charge on any atom is -0.508 e. The SMILES string of the molecule is CC(C)C(NC(=O)C(CCCN=C(N)N)NC(=O)C(N)Cc1ccc(O)cc1)C(=O)O. The van der Waals surface area contributed by atoms with E-state index in [1.54, 1.807) is 26.0 Å². The van der Waals surface area contributed by atoms with Crippen molar-refractivity contribution in [3.8, 4) is 5.75 Å². The summed E-state index contributed by atoms with van der Waals surface area (Å²) in [5.74, 6) is -2.71. The number of benzene rings is 1. The van der Waals surface area contributed by atoms with Gasteiger partial charge in [-0.3, -0.25) is 14.6 Å². The second kappa shape index (κ2) is 12.4. The van der Waals surface area contributed by atoms with Crippen molar-refractivity contribution in [3.63, 3.8) is 0 Å². The van der Waals surface area contributed by atoms with Gasteiger partial charge < -0.3 is 38.0 Å². The number of hydrogen-bond donors (Lipinski definition) is 7. The lowest BCUT2D eigenvalue weighted by molar-refractivity contribution is -0.143. The Morgan fingerprint density at radius 1 is 1.06 bits per heavy atom. The number of nitrogens with two attached hydrogens (primary N) is 3. The number of carboxylic acids is 1. The lowest BCUT2D eigenvalue weighted by Crippen LogP contribution is -2.55. The smallest absolute Gasteiger partial charge is 0.326 e. The molecule has 10 N–H and O–H groups in total. The van der Waals surface area contributed by atoms with E-state index in [1.807, 2.05) is 0 Å². The number of carbonyl (C=O) groups is 3. The molecule has 0 aliphatic rings. The monoisotopic (exact) mass is 436 g/mol. The van der Waals surface area contributed by atoms with Crippen LogP contribution in [0.5, 0.6) is 5.75 Å². The molecule has 0 aliphatic carbocycles. The fourth-order valence-corrected chi connectivity index (χ4v) is 2.80. The first kappa shape index (κ1) is 25.7. The van der Waals surface area contributed by atoms with E-state index in [2.05, 4.69) is 15.6 Å². The summed E-state index contributed by atoms with van der Waals surface area (Å²) in [7, 11) is 0. The number of phenolic OH excluding ortho intramolecular Hbond substituents is 1. The molecule has 0 saturated heterocycles. The average Bonchev–Trinajstić information content (AvgIpc) is 2.68. The average molecular weight is 437 g/mol. The van der Waals surface area contributed by atoms with Crippen LogP contribution >= 0.6 is 0 Å². The van der Waals surface area contributed by atoms with Crippen molar-refractivity contribution in [2.45, 2.75) is 51.2 Å². The van der Waals surface area contributed by atoms with Gasteiger partial charge in [0.1, 0.15) is 17.8 Å². The lowest BCUT2D eigenvalue weighted by atomic mass is 10.0. The number of phenols is 1. The van der Waals surface area contributed by atoms with Gasteiger partial charge in [-0.15, -0.1) is 0 Å². The molecule has 11 heteroatoms. The van der Waals surface area contributed by atoms with E-state index in [0.29, 0.717) is 6.42 Å². The normalized spacial score (nSPS) is 13.7. The standard InChI is InChI=1S/C20H32N6O5/c1-11(2)16(19(30)31)26-18(29)15(4-3-9-24-20(22)23)25-17(28)14(21)10-12-5-7-13(27)8-6-12/h5-8,11,14-16,27H,3-4,9-10,21H2,1-2H3,(H,25,28)(H,26,29)(H,30,31)(H4,22,23,24). The molecule has 0 saturated carbocycles. The van der Waals surface area contributed by atoms with Crippen LogP contribution < -0.4 is 27.8 Å². The molecule has 3 unspecified atom stereocenters. The molecule has 0 radical (unpaired) electrons. The molecule has 0 aromatic heterocycles. The molecule has 11 nitrogen and oxygen atoms in total. The molecule has 2 amide bonds. The highest BCUT2D eigenvalue weighted by atomic mass is 16.4. The second-order valence-electron chi connectivity index (χ2n) is 7.56. The van der Waals surface area contributed by atoms with E-state index in [4.69, 9.17) is 17.2 Å². The first-order chi connectivity index (χ1) is 14.5. The van der Waals surface area contributed by atoms with Gasteiger partial charge in [0.25, 0.3) is 0 Å². The number of amides is 2. The minimum atomic E-state index is -1.17. The Labute approximate surface area is 181 Å². The largest absolute Gasteiger partial charge is 0.508 e. The van der Waals surface area contributed by atoms with Crippen molar-refractivity contribution in [1.29, 1.82) is 0 Å². The van der Waals surface area contributed by atoms with Crippen molar-refractivity contribution in [1.82, 2.24) is 10.6 Å². The molecule has 1 aromatic carbocycles. The topological polar surface area (TPSA) is 206 Å². The Hall–Kier alpha value is -3.34. The zero-order chi connectivity index (χ0) is 23.6. The Kier molecular flexibility index (Phi) is 10.3. The molecular weight excluding hydrogens is 404 g/mol. The van der Waals surface area contributed by atoms with Gasteiger partial charge in [-0.1, -0.05) is 26.0 Å². The van der Waals surface area contributed by atoms with Crippen LogP contribution in [0.25, 0.3) is 0 Å². The Bertz CT molecular complexity index is 777. The Morgan fingerprint density at radius 2 is 1.68 bits per heavy atom. The number of carbonyl (C=O) groups excluding carboxylic acids is 2. The molecule has 1 rings (SSSR count). The van der Waals surface area contributed by atoms with Gasteiger partial charge in [0.2, 0.25) is 11.8 Å². The fraction of sp³-hybridized carbons (Fsp3) is 0.500. The molecular formula is C20H32N6O5. The predicted octanol–water partition coefficient (Wildman–Crippen LogP) is -0.974. The van der Waals surface area contributed by atoms with E-state index in [9.17, 15) is 24.6 Å². The number of nitrogens with zero attached hydrogens (tertiary/aromatic N) is 1. The summed E-state index contributed by atoms with van der Waals surface area (Å²) in [5.41, 5.74) is 17.3. The van der Waals surface area contributed by atoms with Crippen LogP contribution in [0, 0.1) is 5.92 Å². The third-order valence-electron chi connectivity index (χ3n) is 4.54. The van der Waals surface area contributed by atoms with Crippen molar-refractivity contribution in [2.24, 2.45) is 28.1 Å². The molecule has 3 atom stereocenters. The maximum absolute atomic E-state index is 12.7. The zero-order valence-electron chi connectivity index (χ0n) is 17.7. The number of guanidine groups is 1. The Morgan fingerprint density at radius 3 is 2.19 bits per heavy atom. The number of carboxylic acid groups (broad SMARTS) is 1. The summed E-state index contributed by atoms with van der Waals surface area (Å²) in [5, 5.41) is 23.7. The quantitative estimate of drug-likeness (QED) is 0.123. The third-order valence-corrected chi connectivity index (χ3v) is 4.54. The Balaban J connectivity index is 2.84. The first-order valence-electron chi connectivity index (χ1n) is 9.93. The summed E-state index contributed by atoms with van der Waals surface area (Å²) in [6.07, 6.45) is 0.756. The van der Waals surface area contributed by atoms with Gasteiger partial charge in [-0.05, 0) is 42.9 Å². The molecule has 1 aromatic rings. The predicted molar refractivity (Wildman–Crippen MR) is 116 cm³/mol. The highest BCUT2D eigenvalue weighted by Gasteiger charge is 2.29. The van der Waals surface area contributed by atoms with Crippen LogP contribution in [0.15, 0.2) is 29.3 Å². The fourth-order valence-electron chi connectivity index (χ4n) is 2.80. The van der Waals surface area contributed by atoms with E-state index in [-0.39, 0.29) is 37.0 Å². The van der Waals surface area contributed by atoms with Crippen LogP contribution in [0.4, 0.5) is 0 Å². The van der Waals surface area contributed by atoms with Crippen LogP contribution in [-0.4, -0.2) is 58.6 Å². The molecule has 31 heavy (non-hydrogen) atoms. The number of nitrogens with one attached hydrogen (secondary N) is 2. The number of aliphatic carboxylic acids is 1. The maximum Gasteiger partial charge on any atom is 0.326 e. The third kappa shape index (κ3) is 9.34. The van der Waals surface area contributed by atoms with Gasteiger partial charge in [0.15, 0.2) is 5.96 Å². The van der Waals surface area contributed by atoms with Gasteiger partial charge in [0, 0.05) is 6.54 Å². The van der Waals surface area contributed by atoms with Crippen LogP contribution in [-0.2, 0) is 20.8 Å². The van der Waals surface area contributed by atoms with Crippen molar-refractivity contribution in [2.75, 3.05) is 6.54 Å². The number of rotatable bonds is 12. The van der Waals surface area contributed by atoms with Gasteiger partial charge in [-0.2, -0.15) is 0 Å². The highest BCUT2D eigenvalue weighted by Crippen LogP contribution is 2.11. The van der Waals surface area contributed by atoms with E-state index >= 15 is 0 Å². The summed E-state index contributed by atoms with van der Waals surface area (Å²) < 4.78 is 0. The summed E-state index contributed by atoms with van der Waals surface area (Å²) >= 11 is 0. The summed E-state index contributed by atoms with van der Waals surface area (Å²) in [6.45, 7) is 3.58. The number of hydrogen-bond acceptors (Lipinski definition) is 6.